The lowest BCUT2D eigenvalue weighted by Gasteiger charge is -2.37. The highest BCUT2D eigenvalue weighted by Gasteiger charge is 2.37. The number of carbonyl (C=O) groups excluding carboxylic acids is 1. The summed E-state index contributed by atoms with van der Waals surface area (Å²) in [6.45, 7) is 1.69. The highest BCUT2D eigenvalue weighted by molar-refractivity contribution is 5.83. The second-order valence-electron chi connectivity index (χ2n) is 6.60. The molecule has 4 rings (SSSR count). The lowest BCUT2D eigenvalue weighted by Crippen LogP contribution is -2.48. The second kappa shape index (κ2) is 6.05. The van der Waals surface area contributed by atoms with Gasteiger partial charge in [0, 0.05) is 13.5 Å². The molecule has 1 aromatic heterocycles. The molecule has 132 valence electrons. The van der Waals surface area contributed by atoms with Crippen LogP contribution >= 0.6 is 0 Å². The molecule has 0 fully saturated rings. The number of rotatable bonds is 2. The van der Waals surface area contributed by atoms with E-state index in [4.69, 9.17) is 0 Å². The maximum atomic E-state index is 14.2. The first kappa shape index (κ1) is 16.4. The van der Waals surface area contributed by atoms with Gasteiger partial charge in [-0.1, -0.05) is 30.3 Å². The van der Waals surface area contributed by atoms with Gasteiger partial charge >= 0.3 is 0 Å². The minimum absolute atomic E-state index is 0.182. The van der Waals surface area contributed by atoms with E-state index in [1.807, 2.05) is 6.07 Å². The summed E-state index contributed by atoms with van der Waals surface area (Å²) in [5.41, 5.74) is 0.830. The van der Waals surface area contributed by atoms with Gasteiger partial charge in [0.05, 0.1) is 16.9 Å². The van der Waals surface area contributed by atoms with Gasteiger partial charge < -0.3 is 4.90 Å². The summed E-state index contributed by atoms with van der Waals surface area (Å²) < 4.78 is 15.6. The Hall–Kier alpha value is -3.02. The molecule has 2 heterocycles. The van der Waals surface area contributed by atoms with E-state index in [1.54, 1.807) is 55.3 Å². The molecule has 0 saturated heterocycles. The molecule has 1 aliphatic heterocycles. The molecule has 0 aliphatic carbocycles. The van der Waals surface area contributed by atoms with E-state index < -0.39 is 12.1 Å². The summed E-state index contributed by atoms with van der Waals surface area (Å²) in [5.74, 6) is -0.0220. The molecule has 0 N–H and O–H groups in total. The molecule has 26 heavy (non-hydrogen) atoms. The third-order valence-electron chi connectivity index (χ3n) is 5.06. The van der Waals surface area contributed by atoms with Crippen molar-refractivity contribution in [2.45, 2.75) is 25.4 Å². The Bertz CT molecular complexity index is 1080. The van der Waals surface area contributed by atoms with Gasteiger partial charge in [0.2, 0.25) is 5.91 Å². The predicted octanol–water partition coefficient (Wildman–Crippen LogP) is 2.85. The summed E-state index contributed by atoms with van der Waals surface area (Å²) in [6, 6.07) is 12.4. The first-order chi connectivity index (χ1) is 12.5. The molecule has 1 amide bonds. The number of likely N-dealkylation sites (N-methyl/N-ethyl adjacent to an activating group) is 1. The highest BCUT2D eigenvalue weighted by atomic mass is 19.1. The van der Waals surface area contributed by atoms with Crippen molar-refractivity contribution in [1.29, 1.82) is 0 Å². The van der Waals surface area contributed by atoms with Crippen LogP contribution in [0, 0.1) is 5.82 Å². The quantitative estimate of drug-likeness (QED) is 0.713. The van der Waals surface area contributed by atoms with Gasteiger partial charge in [-0.25, -0.2) is 9.37 Å². The first-order valence-electron chi connectivity index (χ1n) is 8.50. The van der Waals surface area contributed by atoms with Gasteiger partial charge in [-0.2, -0.15) is 0 Å². The van der Waals surface area contributed by atoms with Crippen molar-refractivity contribution >= 4 is 16.8 Å². The van der Waals surface area contributed by atoms with Gasteiger partial charge in [-0.3, -0.25) is 14.2 Å². The van der Waals surface area contributed by atoms with Crippen LogP contribution in [-0.4, -0.2) is 27.4 Å². The van der Waals surface area contributed by atoms with Gasteiger partial charge in [0.15, 0.2) is 0 Å². The number of halogens is 1. The van der Waals surface area contributed by atoms with Gasteiger partial charge in [0.25, 0.3) is 5.56 Å². The van der Waals surface area contributed by atoms with Crippen LogP contribution in [0.15, 0.2) is 53.3 Å². The number of benzene rings is 2. The molecule has 3 aromatic rings. The fraction of sp³-hybridized carbons (Fsp3) is 0.250. The molecule has 5 nitrogen and oxygen atoms in total. The lowest BCUT2D eigenvalue weighted by molar-refractivity contribution is -0.137. The van der Waals surface area contributed by atoms with Gasteiger partial charge in [-0.05, 0) is 30.7 Å². The average molecular weight is 351 g/mol. The number of para-hydroxylation sites is 1. The van der Waals surface area contributed by atoms with Crippen molar-refractivity contribution in [3.8, 4) is 0 Å². The number of hydrogen-bond acceptors (Lipinski definition) is 3. The topological polar surface area (TPSA) is 55.2 Å². The van der Waals surface area contributed by atoms with Crippen molar-refractivity contribution in [1.82, 2.24) is 14.5 Å². The third-order valence-corrected chi connectivity index (χ3v) is 5.06. The van der Waals surface area contributed by atoms with Crippen LogP contribution in [0.4, 0.5) is 4.39 Å². The van der Waals surface area contributed by atoms with Gasteiger partial charge in [0.1, 0.15) is 17.7 Å². The Morgan fingerprint density at radius 3 is 2.54 bits per heavy atom. The SMILES string of the molecule is C[C@H]1C(=O)N(C)[C@H](Cc2ccccc2F)c2nc3ccccc3c(=O)n21. The fourth-order valence-corrected chi connectivity index (χ4v) is 3.60. The maximum Gasteiger partial charge on any atom is 0.262 e. The molecule has 2 aromatic carbocycles. The standard InChI is InChI=1S/C20H18FN3O2/c1-12-19(25)23(2)17(11-13-7-3-5-9-15(13)21)18-22-16-10-6-4-8-14(16)20(26)24(12)18/h3-10,12,17H,11H2,1-2H3/t12-,17+/m0/s1. The Kier molecular flexibility index (Phi) is 3.83. The van der Waals surface area contributed by atoms with E-state index >= 15 is 0 Å². The van der Waals surface area contributed by atoms with Crippen molar-refractivity contribution in [2.75, 3.05) is 7.05 Å². The Labute approximate surface area is 149 Å². The fourth-order valence-electron chi connectivity index (χ4n) is 3.60. The largest absolute Gasteiger partial charge is 0.333 e. The summed E-state index contributed by atoms with van der Waals surface area (Å²) in [5, 5.41) is 0.477. The van der Waals surface area contributed by atoms with E-state index in [-0.39, 0.29) is 23.7 Å². The zero-order valence-corrected chi connectivity index (χ0v) is 14.5. The van der Waals surface area contributed by atoms with Crippen molar-refractivity contribution in [3.05, 3.63) is 76.1 Å². The van der Waals surface area contributed by atoms with E-state index in [2.05, 4.69) is 4.98 Å². The number of carbonyl (C=O) groups is 1. The maximum absolute atomic E-state index is 14.2. The number of fused-ring (bicyclic) bond motifs is 2. The van der Waals surface area contributed by atoms with Crippen LogP contribution in [-0.2, 0) is 11.2 Å². The molecule has 2 atom stereocenters. The Morgan fingerprint density at radius 1 is 1.08 bits per heavy atom. The van der Waals surface area contributed by atoms with Crippen LogP contribution in [0.1, 0.15) is 30.4 Å². The van der Waals surface area contributed by atoms with E-state index in [0.29, 0.717) is 22.3 Å². The highest BCUT2D eigenvalue weighted by Crippen LogP contribution is 2.32. The minimum atomic E-state index is -0.642. The minimum Gasteiger partial charge on any atom is -0.333 e. The predicted molar refractivity (Wildman–Crippen MR) is 96.3 cm³/mol. The number of aromatic nitrogens is 2. The van der Waals surface area contributed by atoms with Crippen LogP contribution < -0.4 is 5.56 Å². The van der Waals surface area contributed by atoms with Crippen LogP contribution in [0.5, 0.6) is 0 Å². The summed E-state index contributed by atoms with van der Waals surface area (Å²) in [4.78, 5) is 31.9. The Morgan fingerprint density at radius 2 is 1.77 bits per heavy atom. The number of nitrogens with zero attached hydrogens (tertiary/aromatic N) is 3. The van der Waals surface area contributed by atoms with Crippen LogP contribution in [0.25, 0.3) is 10.9 Å². The molecular weight excluding hydrogens is 333 g/mol. The normalized spacial score (nSPS) is 19.7. The monoisotopic (exact) mass is 351 g/mol. The number of hydrogen-bond donors (Lipinski definition) is 0. The molecular formula is C20H18FN3O2. The second-order valence-corrected chi connectivity index (χ2v) is 6.60. The average Bonchev–Trinajstić information content (AvgIpc) is 2.65. The van der Waals surface area contributed by atoms with E-state index in [0.717, 1.165) is 0 Å². The van der Waals surface area contributed by atoms with Crippen LogP contribution in [0.2, 0.25) is 0 Å². The zero-order valence-electron chi connectivity index (χ0n) is 14.5. The number of amides is 1. The summed E-state index contributed by atoms with van der Waals surface area (Å²) in [7, 11) is 1.68. The van der Waals surface area contributed by atoms with Crippen molar-refractivity contribution < 1.29 is 9.18 Å². The van der Waals surface area contributed by atoms with Gasteiger partial charge in [-0.15, -0.1) is 0 Å². The van der Waals surface area contributed by atoms with Crippen molar-refractivity contribution in [2.24, 2.45) is 0 Å². The molecule has 0 spiro atoms. The first-order valence-corrected chi connectivity index (χ1v) is 8.50. The molecule has 1 aliphatic rings. The van der Waals surface area contributed by atoms with E-state index in [1.165, 1.54) is 10.6 Å². The molecule has 6 heteroatoms. The zero-order chi connectivity index (χ0) is 18.4. The molecule has 0 saturated carbocycles. The lowest BCUT2D eigenvalue weighted by atomic mass is 9.99. The summed E-state index contributed by atoms with van der Waals surface area (Å²) >= 11 is 0. The van der Waals surface area contributed by atoms with Crippen LogP contribution in [0.3, 0.4) is 0 Å². The summed E-state index contributed by atoms with van der Waals surface area (Å²) in [6.07, 6.45) is 0.256. The molecule has 0 radical (unpaired) electrons. The van der Waals surface area contributed by atoms with E-state index in [9.17, 15) is 14.0 Å². The Balaban J connectivity index is 1.94. The molecule has 0 unspecified atom stereocenters. The smallest absolute Gasteiger partial charge is 0.262 e. The molecule has 0 bridgehead atoms. The van der Waals surface area contributed by atoms with Crippen molar-refractivity contribution in [3.63, 3.8) is 0 Å². The third kappa shape index (κ3) is 2.41.